The van der Waals surface area contributed by atoms with Crippen LogP contribution >= 0.6 is 11.6 Å². The Labute approximate surface area is 188 Å². The van der Waals surface area contributed by atoms with E-state index in [1.165, 1.54) is 22.7 Å². The molecular weight excluding hydrogens is 428 g/mol. The fourth-order valence-corrected chi connectivity index (χ4v) is 3.69. The molecule has 0 saturated carbocycles. The van der Waals surface area contributed by atoms with Crippen LogP contribution in [0.1, 0.15) is 23.9 Å². The van der Waals surface area contributed by atoms with Crippen molar-refractivity contribution >= 4 is 22.6 Å². The van der Waals surface area contributed by atoms with Gasteiger partial charge in [-0.1, -0.05) is 54.0 Å². The number of nitrogens with zero attached hydrogens (tertiary/aromatic N) is 6. The van der Waals surface area contributed by atoms with Crippen LogP contribution in [0, 0.1) is 6.92 Å². The largest absolute Gasteiger partial charge is 0.337 e. The molecule has 3 aromatic heterocycles. The molecule has 0 atom stereocenters. The zero-order valence-corrected chi connectivity index (χ0v) is 18.2. The van der Waals surface area contributed by atoms with Crippen LogP contribution < -0.4 is 5.56 Å². The molecule has 2 aromatic carbocycles. The van der Waals surface area contributed by atoms with Crippen LogP contribution in [0.15, 0.2) is 64.3 Å². The smallest absolute Gasteiger partial charge is 0.264 e. The first-order chi connectivity index (χ1) is 15.5. The Morgan fingerprint density at radius 1 is 1.12 bits per heavy atom. The van der Waals surface area contributed by atoms with Crippen molar-refractivity contribution in [1.29, 1.82) is 0 Å². The minimum Gasteiger partial charge on any atom is -0.337 e. The van der Waals surface area contributed by atoms with E-state index in [1.807, 2.05) is 43.3 Å². The molecule has 0 spiro atoms. The first kappa shape index (κ1) is 20.1. The molecule has 8 nitrogen and oxygen atoms in total. The molecule has 0 N–H and O–H groups in total. The third-order valence-electron chi connectivity index (χ3n) is 5.35. The normalized spacial score (nSPS) is 11.3. The van der Waals surface area contributed by atoms with Crippen molar-refractivity contribution in [3.63, 3.8) is 0 Å². The number of hydrogen-bond acceptors (Lipinski definition) is 6. The number of rotatable bonds is 5. The van der Waals surface area contributed by atoms with Crippen LogP contribution in [0.5, 0.6) is 0 Å². The Morgan fingerprint density at radius 3 is 2.72 bits per heavy atom. The molecule has 5 rings (SSSR count). The fourth-order valence-electron chi connectivity index (χ4n) is 3.52. The Morgan fingerprint density at radius 2 is 1.94 bits per heavy atom. The number of aromatic nitrogens is 6. The average molecular weight is 447 g/mol. The maximum absolute atomic E-state index is 13.0. The maximum Gasteiger partial charge on any atom is 0.264 e. The Balaban J connectivity index is 1.46. The van der Waals surface area contributed by atoms with Crippen molar-refractivity contribution in [2.24, 2.45) is 0 Å². The Hall–Kier alpha value is -3.78. The van der Waals surface area contributed by atoms with Crippen molar-refractivity contribution in [1.82, 2.24) is 29.5 Å². The number of fused-ring (bicyclic) bond motifs is 1. The zero-order valence-electron chi connectivity index (χ0n) is 17.5. The van der Waals surface area contributed by atoms with Crippen LogP contribution in [-0.4, -0.2) is 29.5 Å². The highest BCUT2D eigenvalue weighted by atomic mass is 35.5. The summed E-state index contributed by atoms with van der Waals surface area (Å²) in [5.41, 5.74) is 4.04. The highest BCUT2D eigenvalue weighted by Crippen LogP contribution is 2.22. The molecule has 32 heavy (non-hydrogen) atoms. The van der Waals surface area contributed by atoms with Gasteiger partial charge in [-0.2, -0.15) is 10.1 Å². The van der Waals surface area contributed by atoms with E-state index in [2.05, 4.69) is 27.1 Å². The Bertz CT molecular complexity index is 1480. The first-order valence-corrected chi connectivity index (χ1v) is 10.5. The highest BCUT2D eigenvalue weighted by Gasteiger charge is 2.15. The molecule has 0 saturated heterocycles. The van der Waals surface area contributed by atoms with Crippen molar-refractivity contribution in [3.05, 3.63) is 87.4 Å². The molecule has 0 bridgehead atoms. The van der Waals surface area contributed by atoms with Gasteiger partial charge in [0, 0.05) is 10.6 Å². The van der Waals surface area contributed by atoms with Gasteiger partial charge in [0.25, 0.3) is 5.56 Å². The lowest BCUT2D eigenvalue weighted by molar-refractivity contribution is 0.369. The fraction of sp³-hybridized carbons (Fsp3) is 0.174. The predicted octanol–water partition coefficient (Wildman–Crippen LogP) is 4.20. The van der Waals surface area contributed by atoms with E-state index in [-0.39, 0.29) is 12.1 Å². The minimum atomic E-state index is -0.243. The lowest BCUT2D eigenvalue weighted by atomic mass is 10.1. The first-order valence-electron chi connectivity index (χ1n) is 10.1. The molecule has 9 heteroatoms. The van der Waals surface area contributed by atoms with E-state index in [9.17, 15) is 4.79 Å². The van der Waals surface area contributed by atoms with E-state index in [0.29, 0.717) is 27.8 Å². The SMILES string of the molecule is CCc1ccc(-c2noc(Cn3cnc4c(cnn4-c4cc(Cl)ccc4C)c3=O)n2)cc1. The van der Waals surface area contributed by atoms with Crippen LogP contribution in [0.4, 0.5) is 0 Å². The average Bonchev–Trinajstić information content (AvgIpc) is 3.45. The molecule has 0 radical (unpaired) electrons. The lowest BCUT2D eigenvalue weighted by Crippen LogP contribution is -2.21. The Kier molecular flexibility index (Phi) is 5.07. The van der Waals surface area contributed by atoms with Gasteiger partial charge in [-0.25, -0.2) is 9.67 Å². The summed E-state index contributed by atoms with van der Waals surface area (Å²) in [7, 11) is 0. The number of aryl methyl sites for hydroxylation is 2. The van der Waals surface area contributed by atoms with Crippen LogP contribution in [0.3, 0.4) is 0 Å². The van der Waals surface area contributed by atoms with E-state index >= 15 is 0 Å². The van der Waals surface area contributed by atoms with Crippen molar-refractivity contribution in [2.75, 3.05) is 0 Å². The number of hydrogen-bond donors (Lipinski definition) is 0. The van der Waals surface area contributed by atoms with Gasteiger partial charge in [-0.15, -0.1) is 0 Å². The van der Waals surface area contributed by atoms with Crippen LogP contribution in [-0.2, 0) is 13.0 Å². The van der Waals surface area contributed by atoms with E-state index < -0.39 is 0 Å². The molecule has 0 aliphatic heterocycles. The number of halogens is 1. The van der Waals surface area contributed by atoms with E-state index in [0.717, 1.165) is 23.2 Å². The molecule has 0 unspecified atom stereocenters. The topological polar surface area (TPSA) is 91.6 Å². The van der Waals surface area contributed by atoms with Gasteiger partial charge in [0.2, 0.25) is 11.7 Å². The summed E-state index contributed by atoms with van der Waals surface area (Å²) in [5, 5.41) is 9.38. The van der Waals surface area contributed by atoms with Crippen LogP contribution in [0.2, 0.25) is 5.02 Å². The molecule has 0 fully saturated rings. The number of benzene rings is 2. The molecule has 0 aliphatic rings. The summed E-state index contributed by atoms with van der Waals surface area (Å²) in [4.78, 5) is 21.9. The molecule has 0 amide bonds. The predicted molar refractivity (Wildman–Crippen MR) is 121 cm³/mol. The van der Waals surface area contributed by atoms with Crippen molar-refractivity contribution in [2.45, 2.75) is 26.8 Å². The summed E-state index contributed by atoms with van der Waals surface area (Å²) < 4.78 is 8.41. The van der Waals surface area contributed by atoms with Gasteiger partial charge in [-0.3, -0.25) is 9.36 Å². The molecule has 3 heterocycles. The lowest BCUT2D eigenvalue weighted by Gasteiger charge is -2.08. The summed E-state index contributed by atoms with van der Waals surface area (Å²) in [6.07, 6.45) is 3.93. The zero-order chi connectivity index (χ0) is 22.2. The summed E-state index contributed by atoms with van der Waals surface area (Å²) in [6, 6.07) is 13.5. The highest BCUT2D eigenvalue weighted by molar-refractivity contribution is 6.30. The second-order valence-electron chi connectivity index (χ2n) is 7.46. The van der Waals surface area contributed by atoms with Gasteiger partial charge in [-0.05, 0) is 36.6 Å². The molecule has 5 aromatic rings. The molecular formula is C23H19ClN6O2. The van der Waals surface area contributed by atoms with E-state index in [4.69, 9.17) is 16.1 Å². The van der Waals surface area contributed by atoms with Gasteiger partial charge in [0.1, 0.15) is 18.3 Å². The second-order valence-corrected chi connectivity index (χ2v) is 7.90. The third kappa shape index (κ3) is 3.58. The summed E-state index contributed by atoms with van der Waals surface area (Å²) in [5.74, 6) is 0.801. The van der Waals surface area contributed by atoms with Gasteiger partial charge in [0.15, 0.2) is 5.65 Å². The summed E-state index contributed by atoms with van der Waals surface area (Å²) in [6.45, 7) is 4.16. The standard InChI is InChI=1S/C23H19ClN6O2/c1-3-15-5-7-16(8-6-15)21-27-20(32-28-21)12-29-13-25-22-18(23(29)31)11-26-30(22)19-10-17(24)9-4-14(19)2/h4-11,13H,3,12H2,1-2H3. The summed E-state index contributed by atoms with van der Waals surface area (Å²) >= 11 is 6.14. The van der Waals surface area contributed by atoms with Crippen molar-refractivity contribution < 1.29 is 4.52 Å². The molecule has 0 aliphatic carbocycles. The maximum atomic E-state index is 13.0. The minimum absolute atomic E-state index is 0.114. The van der Waals surface area contributed by atoms with Gasteiger partial charge < -0.3 is 4.52 Å². The van der Waals surface area contributed by atoms with Crippen LogP contribution in [0.25, 0.3) is 28.1 Å². The van der Waals surface area contributed by atoms with Gasteiger partial charge in [0.05, 0.1) is 11.9 Å². The molecule has 160 valence electrons. The van der Waals surface area contributed by atoms with Gasteiger partial charge >= 0.3 is 0 Å². The quantitative estimate of drug-likeness (QED) is 0.401. The monoisotopic (exact) mass is 446 g/mol. The van der Waals surface area contributed by atoms with Crippen molar-refractivity contribution in [3.8, 4) is 17.1 Å². The third-order valence-corrected chi connectivity index (χ3v) is 5.58. The van der Waals surface area contributed by atoms with E-state index in [1.54, 1.807) is 10.7 Å². The second kappa shape index (κ2) is 8.05.